The lowest BCUT2D eigenvalue weighted by atomic mass is 10.0. The molecule has 2 aliphatic rings. The Kier molecular flexibility index (Phi) is 2.45. The van der Waals surface area contributed by atoms with Gasteiger partial charge in [-0.1, -0.05) is 18.2 Å². The number of aryl methyl sites for hydroxylation is 1. The predicted octanol–water partition coefficient (Wildman–Crippen LogP) is 3.19. The Morgan fingerprint density at radius 1 is 1.26 bits per heavy atom. The first kappa shape index (κ1) is 11.2. The van der Waals surface area contributed by atoms with Crippen molar-refractivity contribution in [1.82, 2.24) is 4.98 Å². The van der Waals surface area contributed by atoms with Gasteiger partial charge in [0.1, 0.15) is 17.4 Å². The number of nitrogens with zero attached hydrogens (tertiary/aromatic N) is 1. The van der Waals surface area contributed by atoms with Crippen LogP contribution in [-0.2, 0) is 6.42 Å². The molecule has 4 rings (SSSR count). The molecular formula is C15H13NO2S. The number of ether oxygens (including phenoxy) is 1. The number of para-hydroxylation sites is 1. The molecule has 3 nitrogen and oxygen atoms in total. The van der Waals surface area contributed by atoms with E-state index in [1.165, 1.54) is 5.56 Å². The van der Waals surface area contributed by atoms with Crippen molar-refractivity contribution in [2.75, 3.05) is 6.61 Å². The monoisotopic (exact) mass is 271 g/mol. The van der Waals surface area contributed by atoms with Crippen molar-refractivity contribution >= 4 is 17.1 Å². The Hall–Kier alpha value is -1.68. The zero-order chi connectivity index (χ0) is 12.8. The van der Waals surface area contributed by atoms with Gasteiger partial charge in [-0.2, -0.15) is 0 Å². The van der Waals surface area contributed by atoms with Crippen LogP contribution in [0.5, 0.6) is 5.75 Å². The molecule has 0 saturated carbocycles. The molecule has 0 saturated heterocycles. The van der Waals surface area contributed by atoms with Gasteiger partial charge in [-0.25, -0.2) is 4.98 Å². The normalized spacial score (nSPS) is 20.8. The number of carbonyl (C=O) groups is 1. The van der Waals surface area contributed by atoms with Crippen LogP contribution in [0.25, 0.3) is 0 Å². The van der Waals surface area contributed by atoms with E-state index in [0.717, 1.165) is 34.2 Å². The predicted molar refractivity (Wildman–Crippen MR) is 73.2 cm³/mol. The molecular weight excluding hydrogens is 258 g/mol. The maximum absolute atomic E-state index is 11.9. The summed E-state index contributed by atoms with van der Waals surface area (Å²) < 4.78 is 5.71. The number of hydrogen-bond donors (Lipinski definition) is 0. The highest BCUT2D eigenvalue weighted by molar-refractivity contribution is 7.14. The summed E-state index contributed by atoms with van der Waals surface area (Å²) in [6.07, 6.45) is 2.55. The third-order valence-electron chi connectivity index (χ3n) is 3.78. The SMILES string of the molecule is O=C1CCCc2nc(C3COc4ccccc43)sc21. The summed E-state index contributed by atoms with van der Waals surface area (Å²) in [5.74, 6) is 1.41. The maximum Gasteiger partial charge on any atom is 0.174 e. The molecule has 2 aromatic rings. The van der Waals surface area contributed by atoms with E-state index in [9.17, 15) is 4.79 Å². The Morgan fingerprint density at radius 3 is 3.05 bits per heavy atom. The minimum atomic E-state index is 0.194. The van der Waals surface area contributed by atoms with Gasteiger partial charge in [0.05, 0.1) is 16.5 Å². The first-order valence-corrected chi connectivity index (χ1v) is 7.39. The molecule has 96 valence electrons. The molecule has 0 spiro atoms. The van der Waals surface area contributed by atoms with Gasteiger partial charge < -0.3 is 4.74 Å². The summed E-state index contributed by atoms with van der Waals surface area (Å²) in [6.45, 7) is 0.639. The van der Waals surface area contributed by atoms with Crippen molar-refractivity contribution in [3.63, 3.8) is 0 Å². The highest BCUT2D eigenvalue weighted by Gasteiger charge is 2.31. The molecule has 1 aliphatic carbocycles. The number of hydrogen-bond acceptors (Lipinski definition) is 4. The lowest BCUT2D eigenvalue weighted by molar-refractivity contribution is 0.0976. The number of ketones is 1. The number of aromatic nitrogens is 1. The summed E-state index contributed by atoms with van der Waals surface area (Å²) in [4.78, 5) is 17.5. The summed E-state index contributed by atoms with van der Waals surface area (Å²) >= 11 is 1.56. The molecule has 0 radical (unpaired) electrons. The number of fused-ring (bicyclic) bond motifs is 2. The Balaban J connectivity index is 1.77. The number of rotatable bonds is 1. The third-order valence-corrected chi connectivity index (χ3v) is 5.03. The van der Waals surface area contributed by atoms with Crippen molar-refractivity contribution < 1.29 is 9.53 Å². The first-order chi connectivity index (χ1) is 9.33. The second-order valence-corrected chi connectivity index (χ2v) is 6.04. The van der Waals surface area contributed by atoms with E-state index in [0.29, 0.717) is 13.0 Å². The van der Waals surface area contributed by atoms with Crippen LogP contribution in [0.2, 0.25) is 0 Å². The second-order valence-electron chi connectivity index (χ2n) is 5.01. The summed E-state index contributed by atoms with van der Waals surface area (Å²) in [6, 6.07) is 8.10. The van der Waals surface area contributed by atoms with E-state index in [1.54, 1.807) is 11.3 Å². The molecule has 1 aliphatic heterocycles. The number of thiazole rings is 1. The van der Waals surface area contributed by atoms with Gasteiger partial charge in [0, 0.05) is 12.0 Å². The molecule has 1 atom stereocenters. The van der Waals surface area contributed by atoms with Gasteiger partial charge in [0.2, 0.25) is 0 Å². The minimum absolute atomic E-state index is 0.194. The molecule has 4 heteroatoms. The van der Waals surface area contributed by atoms with Crippen LogP contribution in [0.1, 0.15) is 44.7 Å². The molecule has 1 aromatic carbocycles. The van der Waals surface area contributed by atoms with Gasteiger partial charge in [-0.3, -0.25) is 4.79 Å². The average molecular weight is 271 g/mol. The topological polar surface area (TPSA) is 39.2 Å². The lowest BCUT2D eigenvalue weighted by Crippen LogP contribution is -2.07. The number of benzene rings is 1. The molecule has 1 aromatic heterocycles. The van der Waals surface area contributed by atoms with Gasteiger partial charge >= 0.3 is 0 Å². The van der Waals surface area contributed by atoms with E-state index in [2.05, 4.69) is 6.07 Å². The van der Waals surface area contributed by atoms with Crippen LogP contribution >= 0.6 is 11.3 Å². The van der Waals surface area contributed by atoms with Gasteiger partial charge in [-0.15, -0.1) is 11.3 Å². The van der Waals surface area contributed by atoms with Crippen molar-refractivity contribution in [3.8, 4) is 5.75 Å². The highest BCUT2D eigenvalue weighted by Crippen LogP contribution is 2.40. The van der Waals surface area contributed by atoms with Crippen molar-refractivity contribution in [1.29, 1.82) is 0 Å². The van der Waals surface area contributed by atoms with Crippen LogP contribution < -0.4 is 4.74 Å². The van der Waals surface area contributed by atoms with Crippen molar-refractivity contribution in [2.24, 2.45) is 0 Å². The zero-order valence-corrected chi connectivity index (χ0v) is 11.2. The quantitative estimate of drug-likeness (QED) is 0.799. The fraction of sp³-hybridized carbons (Fsp3) is 0.333. The number of carbonyl (C=O) groups excluding carboxylic acids is 1. The van der Waals surface area contributed by atoms with Crippen LogP contribution in [0.15, 0.2) is 24.3 Å². The summed E-state index contributed by atoms with van der Waals surface area (Å²) in [5.41, 5.74) is 2.20. The standard InChI is InChI=1S/C15H13NO2S/c17-12-6-3-5-11-14(12)19-15(16-11)10-8-18-13-7-2-1-4-9(10)13/h1-2,4,7,10H,3,5-6,8H2. The minimum Gasteiger partial charge on any atom is -0.492 e. The van der Waals surface area contributed by atoms with Gasteiger partial charge in [-0.05, 0) is 18.9 Å². The summed E-state index contributed by atoms with van der Waals surface area (Å²) in [7, 11) is 0. The molecule has 1 unspecified atom stereocenters. The molecule has 0 N–H and O–H groups in total. The largest absolute Gasteiger partial charge is 0.492 e. The van der Waals surface area contributed by atoms with Crippen LogP contribution in [0.4, 0.5) is 0 Å². The van der Waals surface area contributed by atoms with Crippen molar-refractivity contribution in [3.05, 3.63) is 45.4 Å². The van der Waals surface area contributed by atoms with E-state index >= 15 is 0 Å². The zero-order valence-electron chi connectivity index (χ0n) is 10.4. The molecule has 19 heavy (non-hydrogen) atoms. The Bertz CT molecular complexity index is 662. The Labute approximate surface area is 115 Å². The first-order valence-electron chi connectivity index (χ1n) is 6.57. The molecule has 0 fully saturated rings. The van der Waals surface area contributed by atoms with Crippen LogP contribution in [-0.4, -0.2) is 17.4 Å². The van der Waals surface area contributed by atoms with E-state index < -0.39 is 0 Å². The smallest absolute Gasteiger partial charge is 0.174 e. The van der Waals surface area contributed by atoms with Crippen LogP contribution in [0, 0.1) is 0 Å². The third kappa shape index (κ3) is 1.70. The average Bonchev–Trinajstić information content (AvgIpc) is 3.02. The molecule has 0 amide bonds. The van der Waals surface area contributed by atoms with E-state index in [-0.39, 0.29) is 11.7 Å². The van der Waals surface area contributed by atoms with Crippen molar-refractivity contribution in [2.45, 2.75) is 25.2 Å². The molecule has 0 bridgehead atoms. The highest BCUT2D eigenvalue weighted by atomic mass is 32.1. The van der Waals surface area contributed by atoms with Gasteiger partial charge in [0.15, 0.2) is 5.78 Å². The van der Waals surface area contributed by atoms with E-state index in [4.69, 9.17) is 9.72 Å². The Morgan fingerprint density at radius 2 is 2.16 bits per heavy atom. The lowest BCUT2D eigenvalue weighted by Gasteiger charge is -2.06. The fourth-order valence-corrected chi connectivity index (χ4v) is 3.99. The maximum atomic E-state index is 11.9. The summed E-state index contributed by atoms with van der Waals surface area (Å²) in [5, 5.41) is 1.03. The van der Waals surface area contributed by atoms with Crippen LogP contribution in [0.3, 0.4) is 0 Å². The second kappa shape index (κ2) is 4.17. The number of Topliss-reactive ketones (excluding diaryl/α,β-unsaturated/α-hetero) is 1. The van der Waals surface area contributed by atoms with Gasteiger partial charge in [0.25, 0.3) is 0 Å². The fourth-order valence-electron chi connectivity index (χ4n) is 2.80. The van der Waals surface area contributed by atoms with E-state index in [1.807, 2.05) is 18.2 Å². The molecule has 2 heterocycles.